The fraction of sp³-hybridized carbons (Fsp3) is 0.429. The van der Waals surface area contributed by atoms with Crippen LogP contribution in [0.1, 0.15) is 50.0 Å². The first kappa shape index (κ1) is 21.1. The first-order chi connectivity index (χ1) is 14.3. The largest absolute Gasteiger partial charge is 0.384 e. The summed E-state index contributed by atoms with van der Waals surface area (Å²) in [6.45, 7) is 8.26. The molecule has 1 aliphatic heterocycles. The van der Waals surface area contributed by atoms with E-state index in [1.807, 2.05) is 23.3 Å². The lowest BCUT2D eigenvalue weighted by molar-refractivity contribution is -0.118. The van der Waals surface area contributed by atoms with E-state index in [2.05, 4.69) is 37.0 Å². The number of thiophene rings is 1. The van der Waals surface area contributed by atoms with Gasteiger partial charge in [0.1, 0.15) is 5.82 Å². The van der Waals surface area contributed by atoms with Gasteiger partial charge < -0.3 is 5.73 Å². The fourth-order valence-corrected chi connectivity index (χ4v) is 6.97. The van der Waals surface area contributed by atoms with Gasteiger partial charge in [0.25, 0.3) is 0 Å². The van der Waals surface area contributed by atoms with Crippen LogP contribution in [0.15, 0.2) is 38.5 Å². The minimum atomic E-state index is -0.415. The highest BCUT2D eigenvalue weighted by Gasteiger charge is 2.46. The molecule has 0 saturated carbocycles. The topological polar surface area (TPSA) is 95.9 Å². The van der Waals surface area contributed by atoms with E-state index in [0.717, 1.165) is 26.2 Å². The summed E-state index contributed by atoms with van der Waals surface area (Å²) in [4.78, 5) is 16.2. The number of rotatable bonds is 4. The fourth-order valence-electron chi connectivity index (χ4n) is 4.14. The highest BCUT2D eigenvalue weighted by molar-refractivity contribution is 8.01. The van der Waals surface area contributed by atoms with Crippen LogP contribution in [0.5, 0.6) is 0 Å². The molecule has 1 aliphatic carbocycles. The highest BCUT2D eigenvalue weighted by atomic mass is 32.2. The Morgan fingerprint density at radius 1 is 1.40 bits per heavy atom. The number of nitrogens with two attached hydrogens (primary N) is 1. The molecule has 9 heteroatoms. The van der Waals surface area contributed by atoms with Crippen molar-refractivity contribution < 1.29 is 4.79 Å². The molecule has 1 atom stereocenters. The minimum absolute atomic E-state index is 0.0805. The first-order valence-electron chi connectivity index (χ1n) is 9.73. The second-order valence-electron chi connectivity index (χ2n) is 8.23. The van der Waals surface area contributed by atoms with Crippen LogP contribution in [0.25, 0.3) is 0 Å². The molecule has 3 heterocycles. The summed E-state index contributed by atoms with van der Waals surface area (Å²) in [6.07, 6.45) is 1.14. The number of hydrogen-bond acceptors (Lipinski definition) is 9. The van der Waals surface area contributed by atoms with Gasteiger partial charge in [-0.15, -0.1) is 21.5 Å². The molecule has 0 saturated heterocycles. The van der Waals surface area contributed by atoms with E-state index in [1.54, 1.807) is 23.1 Å². The molecular weight excluding hydrogens is 434 g/mol. The molecule has 156 valence electrons. The van der Waals surface area contributed by atoms with Gasteiger partial charge in [0.15, 0.2) is 10.1 Å². The lowest BCUT2D eigenvalue weighted by atomic mass is 9.69. The summed E-state index contributed by atoms with van der Waals surface area (Å²) in [7, 11) is 0. The molecule has 0 bridgehead atoms. The van der Waals surface area contributed by atoms with Crippen molar-refractivity contribution in [1.29, 1.82) is 5.26 Å². The molecule has 2 N–H and O–H groups in total. The summed E-state index contributed by atoms with van der Waals surface area (Å²) < 4.78 is 0.846. The Morgan fingerprint density at radius 2 is 2.17 bits per heavy atom. The van der Waals surface area contributed by atoms with Crippen LogP contribution < -0.4 is 10.6 Å². The number of aryl methyl sites for hydroxylation is 1. The average Bonchev–Trinajstić information content (AvgIpc) is 3.29. The number of thioether (sulfide) groups is 1. The van der Waals surface area contributed by atoms with E-state index in [4.69, 9.17) is 5.73 Å². The predicted molar refractivity (Wildman–Crippen MR) is 122 cm³/mol. The van der Waals surface area contributed by atoms with Crippen LogP contribution >= 0.6 is 34.4 Å². The number of nitriles is 1. The summed E-state index contributed by atoms with van der Waals surface area (Å²) in [5.41, 5.74) is 9.44. The van der Waals surface area contributed by atoms with Crippen molar-refractivity contribution in [3.8, 4) is 6.07 Å². The minimum Gasteiger partial charge on any atom is -0.384 e. The van der Waals surface area contributed by atoms with Gasteiger partial charge in [0.05, 0.1) is 17.6 Å². The quantitative estimate of drug-likeness (QED) is 0.648. The molecule has 2 aromatic heterocycles. The van der Waals surface area contributed by atoms with Crippen molar-refractivity contribution in [3.63, 3.8) is 0 Å². The molecule has 4 rings (SSSR count). The molecule has 0 radical (unpaired) electrons. The number of hydrogen-bond donors (Lipinski definition) is 1. The standard InChI is InChI=1S/C21H23N5OS3/c1-5-28-20-25-24-19(30-20)26-13-8-21(3,4)9-14(27)16(13)15(12(10-22)18(26)23)17-11(2)6-7-29-17/h6-7,15H,5,8-9,23H2,1-4H3. The summed E-state index contributed by atoms with van der Waals surface area (Å²) in [5.74, 6) is 0.908. The Morgan fingerprint density at radius 3 is 2.80 bits per heavy atom. The van der Waals surface area contributed by atoms with Crippen molar-refractivity contribution in [2.75, 3.05) is 10.7 Å². The van der Waals surface area contributed by atoms with E-state index < -0.39 is 5.92 Å². The van der Waals surface area contributed by atoms with E-state index in [1.165, 1.54) is 11.3 Å². The average molecular weight is 458 g/mol. The third-order valence-corrected chi connectivity index (χ3v) is 8.41. The van der Waals surface area contributed by atoms with Gasteiger partial charge in [0.2, 0.25) is 5.13 Å². The van der Waals surface area contributed by atoms with Gasteiger partial charge in [-0.25, -0.2) is 0 Å². The van der Waals surface area contributed by atoms with Crippen LogP contribution in [-0.4, -0.2) is 21.7 Å². The zero-order valence-corrected chi connectivity index (χ0v) is 19.8. The maximum Gasteiger partial charge on any atom is 0.219 e. The van der Waals surface area contributed by atoms with Crippen molar-refractivity contribution >= 4 is 45.4 Å². The SMILES string of the molecule is CCSc1nnc(N2C(N)=C(C#N)C(c3sccc3C)C3=C2CC(C)(C)CC3=O)s1. The Balaban J connectivity index is 1.96. The molecular formula is C21H23N5OS3. The molecule has 0 fully saturated rings. The molecule has 1 unspecified atom stereocenters. The number of ketones is 1. The zero-order chi connectivity index (χ0) is 21.6. The van der Waals surface area contributed by atoms with Gasteiger partial charge in [-0.05, 0) is 41.5 Å². The summed E-state index contributed by atoms with van der Waals surface area (Å²) in [5, 5.41) is 21.3. The van der Waals surface area contributed by atoms with Gasteiger partial charge in [-0.2, -0.15) is 5.26 Å². The molecule has 0 aromatic carbocycles. The van der Waals surface area contributed by atoms with Crippen LogP contribution in [0.4, 0.5) is 5.13 Å². The number of allylic oxidation sites excluding steroid dienone is 3. The number of Topliss-reactive ketones (excluding diaryl/α,β-unsaturated/α-hetero) is 1. The Labute approximate surface area is 188 Å². The van der Waals surface area contributed by atoms with E-state index >= 15 is 0 Å². The van der Waals surface area contributed by atoms with Crippen molar-refractivity contribution in [1.82, 2.24) is 10.2 Å². The van der Waals surface area contributed by atoms with Gasteiger partial charge in [-0.1, -0.05) is 43.9 Å². The van der Waals surface area contributed by atoms with E-state index in [9.17, 15) is 10.1 Å². The molecule has 2 aliphatic rings. The van der Waals surface area contributed by atoms with Gasteiger partial charge >= 0.3 is 0 Å². The Kier molecular flexibility index (Phi) is 5.51. The summed E-state index contributed by atoms with van der Waals surface area (Å²) >= 11 is 4.62. The van der Waals surface area contributed by atoms with Crippen LogP contribution in [0, 0.1) is 23.7 Å². The molecule has 2 aromatic rings. The first-order valence-corrected chi connectivity index (χ1v) is 12.4. The monoisotopic (exact) mass is 457 g/mol. The second kappa shape index (κ2) is 7.84. The van der Waals surface area contributed by atoms with Crippen LogP contribution in [0.3, 0.4) is 0 Å². The van der Waals surface area contributed by atoms with E-state index in [-0.39, 0.29) is 11.2 Å². The second-order valence-corrected chi connectivity index (χ2v) is 11.6. The lowest BCUT2D eigenvalue weighted by Gasteiger charge is -2.42. The molecule has 0 amide bonds. The third-order valence-electron chi connectivity index (χ3n) is 5.40. The number of carbonyl (C=O) groups is 1. The number of anilines is 1. The Bertz CT molecular complexity index is 1120. The molecule has 6 nitrogen and oxygen atoms in total. The normalized spacial score (nSPS) is 21.1. The number of aromatic nitrogens is 2. The van der Waals surface area contributed by atoms with Crippen molar-refractivity contribution in [2.45, 2.75) is 50.8 Å². The third kappa shape index (κ3) is 3.47. The lowest BCUT2D eigenvalue weighted by Crippen LogP contribution is -2.42. The van der Waals surface area contributed by atoms with Crippen molar-refractivity contribution in [2.24, 2.45) is 11.1 Å². The van der Waals surface area contributed by atoms with E-state index in [0.29, 0.717) is 34.9 Å². The van der Waals surface area contributed by atoms with Crippen LogP contribution in [-0.2, 0) is 4.79 Å². The predicted octanol–water partition coefficient (Wildman–Crippen LogP) is 4.96. The number of carbonyl (C=O) groups excluding carboxylic acids is 1. The summed E-state index contributed by atoms with van der Waals surface area (Å²) in [6, 6.07) is 4.33. The zero-order valence-electron chi connectivity index (χ0n) is 17.4. The maximum atomic E-state index is 13.4. The maximum absolute atomic E-state index is 13.4. The molecule has 30 heavy (non-hydrogen) atoms. The smallest absolute Gasteiger partial charge is 0.219 e. The van der Waals surface area contributed by atoms with Crippen molar-refractivity contribution in [3.05, 3.63) is 44.6 Å². The number of nitrogens with zero attached hydrogens (tertiary/aromatic N) is 4. The highest BCUT2D eigenvalue weighted by Crippen LogP contribution is 2.51. The van der Waals surface area contributed by atoms with Gasteiger partial charge in [-0.3, -0.25) is 9.69 Å². The van der Waals surface area contributed by atoms with Crippen LogP contribution in [0.2, 0.25) is 0 Å². The Hall–Kier alpha value is -2.15. The van der Waals surface area contributed by atoms with Gasteiger partial charge in [0, 0.05) is 22.6 Å². The molecule has 0 spiro atoms.